The maximum atomic E-state index is 10.1. The number of esters is 1. The van der Waals surface area contributed by atoms with Crippen molar-refractivity contribution < 1.29 is 14.3 Å². The summed E-state index contributed by atoms with van der Waals surface area (Å²) in [5.41, 5.74) is 10.2. The molecule has 4 nitrogen and oxygen atoms in total. The molecule has 0 saturated carbocycles. The molecular formula is C13H16N2O2. The summed E-state index contributed by atoms with van der Waals surface area (Å²) in [5, 5.41) is 0. The predicted octanol–water partition coefficient (Wildman–Crippen LogP) is 2.49. The van der Waals surface area contributed by atoms with Crippen LogP contribution in [0.4, 0.5) is 0 Å². The van der Waals surface area contributed by atoms with Crippen LogP contribution in [0.1, 0.15) is 18.1 Å². The van der Waals surface area contributed by atoms with Crippen LogP contribution < -0.4 is 0 Å². The zero-order chi connectivity index (χ0) is 13.1. The summed E-state index contributed by atoms with van der Waals surface area (Å²) < 4.78 is 4.33. The summed E-state index contributed by atoms with van der Waals surface area (Å²) in [5.74, 6) is -0.630. The molecule has 1 aromatic carbocycles. The Morgan fingerprint density at radius 1 is 1.47 bits per heavy atom. The molecule has 0 radical (unpaired) electrons. The zero-order valence-corrected chi connectivity index (χ0v) is 10.1. The number of carbonyl (C=O) groups excluding carboxylic acids is 1. The van der Waals surface area contributed by atoms with Crippen LogP contribution in [0.2, 0.25) is 0 Å². The summed E-state index contributed by atoms with van der Waals surface area (Å²) in [4.78, 5) is 12.6. The molecule has 0 amide bonds. The third-order valence-electron chi connectivity index (χ3n) is 1.76. The fourth-order valence-electron chi connectivity index (χ4n) is 0.929. The van der Waals surface area contributed by atoms with Gasteiger partial charge in [-0.3, -0.25) is 0 Å². The Morgan fingerprint density at radius 3 is 2.47 bits per heavy atom. The Balaban J connectivity index is 0.000000304. The van der Waals surface area contributed by atoms with Gasteiger partial charge < -0.3 is 10.3 Å². The quantitative estimate of drug-likeness (QED) is 0.348. The average Bonchev–Trinajstić information content (AvgIpc) is 2.32. The number of ether oxygens (including phenoxy) is 1. The first-order chi connectivity index (χ1) is 8.13. The molecule has 0 atom stereocenters. The van der Waals surface area contributed by atoms with Gasteiger partial charge in [-0.05, 0) is 19.4 Å². The molecule has 0 heterocycles. The summed E-state index contributed by atoms with van der Waals surface area (Å²) in [6, 6.07) is 8.28. The van der Waals surface area contributed by atoms with E-state index in [2.05, 4.69) is 47.3 Å². The molecule has 4 heteroatoms. The van der Waals surface area contributed by atoms with E-state index < -0.39 is 5.97 Å². The molecule has 0 aliphatic carbocycles. The van der Waals surface area contributed by atoms with Gasteiger partial charge in [0.15, 0.2) is 0 Å². The Bertz CT molecular complexity index is 404. The van der Waals surface area contributed by atoms with E-state index in [9.17, 15) is 4.79 Å². The highest BCUT2D eigenvalue weighted by Crippen LogP contribution is 2.02. The van der Waals surface area contributed by atoms with Crippen LogP contribution >= 0.6 is 0 Å². The lowest BCUT2D eigenvalue weighted by molar-refractivity contribution is -0.138. The summed E-state index contributed by atoms with van der Waals surface area (Å²) in [6.07, 6.45) is 2.54. The number of aryl methyl sites for hydroxylation is 1. The van der Waals surface area contributed by atoms with E-state index in [1.807, 2.05) is 6.08 Å². The minimum Gasteiger partial charge on any atom is -0.458 e. The number of nitrogens with zero attached hydrogens (tertiary/aromatic N) is 2. The van der Waals surface area contributed by atoms with E-state index in [-0.39, 0.29) is 0 Å². The maximum absolute atomic E-state index is 10.1. The topological polar surface area (TPSA) is 62.7 Å². The van der Waals surface area contributed by atoms with Gasteiger partial charge in [-0.25, -0.2) is 4.79 Å². The van der Waals surface area contributed by atoms with Gasteiger partial charge in [0.25, 0.3) is 0 Å². The lowest BCUT2D eigenvalue weighted by Gasteiger charge is -1.91. The third kappa shape index (κ3) is 7.71. The minimum absolute atomic E-state index is 0.296. The van der Waals surface area contributed by atoms with Gasteiger partial charge in [-0.15, -0.1) is 0 Å². The van der Waals surface area contributed by atoms with Gasteiger partial charge >= 0.3 is 12.2 Å². The first kappa shape index (κ1) is 14.8. The third-order valence-corrected chi connectivity index (χ3v) is 1.76. The van der Waals surface area contributed by atoms with Crippen LogP contribution in [0.15, 0.2) is 30.8 Å². The Labute approximate surface area is 101 Å². The fourth-order valence-corrected chi connectivity index (χ4v) is 0.929. The van der Waals surface area contributed by atoms with Crippen molar-refractivity contribution in [3.05, 3.63) is 47.5 Å². The first-order valence-corrected chi connectivity index (χ1v) is 5.17. The van der Waals surface area contributed by atoms with E-state index in [0.717, 1.165) is 0 Å². The molecule has 17 heavy (non-hydrogen) atoms. The van der Waals surface area contributed by atoms with Crippen molar-refractivity contribution in [2.24, 2.45) is 0 Å². The van der Waals surface area contributed by atoms with E-state index in [4.69, 9.17) is 5.53 Å². The molecule has 0 unspecified atom stereocenters. The van der Waals surface area contributed by atoms with Crippen LogP contribution in [0.25, 0.3) is 11.6 Å². The fraction of sp³-hybridized carbons (Fsp3) is 0.231. The van der Waals surface area contributed by atoms with Crippen molar-refractivity contribution in [2.75, 3.05) is 6.61 Å². The largest absolute Gasteiger partial charge is 0.458 e. The molecule has 0 aliphatic heterocycles. The number of carbonyl (C=O) groups is 1. The van der Waals surface area contributed by atoms with Crippen LogP contribution in [0.3, 0.4) is 0 Å². The molecule has 1 aromatic rings. The van der Waals surface area contributed by atoms with Gasteiger partial charge in [-0.2, -0.15) is 4.79 Å². The van der Waals surface area contributed by atoms with E-state index in [1.54, 1.807) is 6.92 Å². The molecule has 0 fully saturated rings. The normalized spacial score (nSPS) is 8.12. The number of hydrogen-bond donors (Lipinski definition) is 0. The maximum Gasteiger partial charge on any atom is 0.413 e. The average molecular weight is 232 g/mol. The number of rotatable bonds is 3. The standard InChI is InChI=1S/C9H10.C4H6N2O2/c1-3-9-6-4-8(2)5-7-9;1-2-8-4(7)3-6-5/h3-7H,1H2,2H3;3H,2H2,1H3. The molecule has 0 spiro atoms. The predicted molar refractivity (Wildman–Crippen MR) is 67.6 cm³/mol. The molecule has 90 valence electrons. The molecule has 0 bridgehead atoms. The minimum atomic E-state index is -0.630. The van der Waals surface area contributed by atoms with Crippen LogP contribution in [-0.2, 0) is 9.53 Å². The van der Waals surface area contributed by atoms with Gasteiger partial charge in [-0.1, -0.05) is 42.5 Å². The number of benzene rings is 1. The molecule has 0 aliphatic rings. The second kappa shape index (κ2) is 9.07. The Hall–Kier alpha value is -2.19. The van der Waals surface area contributed by atoms with Crippen molar-refractivity contribution >= 4 is 18.3 Å². The Morgan fingerprint density at radius 2 is 2.06 bits per heavy atom. The lowest BCUT2D eigenvalue weighted by Crippen LogP contribution is -2.04. The van der Waals surface area contributed by atoms with Gasteiger partial charge in [0.1, 0.15) is 0 Å². The van der Waals surface area contributed by atoms with E-state index in [1.165, 1.54) is 11.1 Å². The monoisotopic (exact) mass is 232 g/mol. The van der Waals surface area contributed by atoms with Gasteiger partial charge in [0, 0.05) is 0 Å². The second-order valence-corrected chi connectivity index (χ2v) is 3.11. The van der Waals surface area contributed by atoms with E-state index >= 15 is 0 Å². The Kier molecular flexibility index (Phi) is 7.90. The molecule has 0 saturated heterocycles. The number of hydrogen-bond acceptors (Lipinski definition) is 2. The SMILES string of the molecule is C=Cc1ccc(C)cc1.CCOC(=O)C=[N+]=[N-]. The molecular weight excluding hydrogens is 216 g/mol. The van der Waals surface area contributed by atoms with Gasteiger partial charge in [0.05, 0.1) is 6.61 Å². The zero-order valence-electron chi connectivity index (χ0n) is 10.1. The highest BCUT2D eigenvalue weighted by atomic mass is 16.5. The summed E-state index contributed by atoms with van der Waals surface area (Å²) in [7, 11) is 0. The van der Waals surface area contributed by atoms with E-state index in [0.29, 0.717) is 12.8 Å². The van der Waals surface area contributed by atoms with Crippen molar-refractivity contribution in [3.8, 4) is 0 Å². The van der Waals surface area contributed by atoms with Crippen molar-refractivity contribution in [2.45, 2.75) is 13.8 Å². The first-order valence-electron chi connectivity index (χ1n) is 5.17. The molecule has 1 rings (SSSR count). The van der Waals surface area contributed by atoms with Crippen LogP contribution in [0.5, 0.6) is 0 Å². The van der Waals surface area contributed by atoms with Gasteiger partial charge in [0.2, 0.25) is 0 Å². The molecule has 0 N–H and O–H groups in total. The highest BCUT2D eigenvalue weighted by Gasteiger charge is 1.97. The van der Waals surface area contributed by atoms with Crippen molar-refractivity contribution in [1.29, 1.82) is 0 Å². The molecule has 0 aromatic heterocycles. The second-order valence-electron chi connectivity index (χ2n) is 3.11. The van der Waals surface area contributed by atoms with Crippen molar-refractivity contribution in [3.63, 3.8) is 0 Å². The summed E-state index contributed by atoms with van der Waals surface area (Å²) in [6.45, 7) is 7.70. The van der Waals surface area contributed by atoms with Crippen molar-refractivity contribution in [1.82, 2.24) is 0 Å². The highest BCUT2D eigenvalue weighted by molar-refractivity contribution is 6.20. The van der Waals surface area contributed by atoms with Crippen LogP contribution in [0, 0.1) is 6.92 Å². The van der Waals surface area contributed by atoms with Crippen LogP contribution in [-0.4, -0.2) is 23.6 Å². The lowest BCUT2D eigenvalue weighted by atomic mass is 10.2. The summed E-state index contributed by atoms with van der Waals surface area (Å²) >= 11 is 0. The smallest absolute Gasteiger partial charge is 0.413 e.